The molecule has 1 aliphatic carbocycles. The van der Waals surface area contributed by atoms with E-state index < -0.39 is 26.9 Å². The van der Waals surface area contributed by atoms with Crippen molar-refractivity contribution in [1.82, 2.24) is 4.72 Å². The van der Waals surface area contributed by atoms with Crippen LogP contribution in [0.15, 0.2) is 23.4 Å². The van der Waals surface area contributed by atoms with Crippen molar-refractivity contribution in [1.29, 1.82) is 0 Å². The summed E-state index contributed by atoms with van der Waals surface area (Å²) in [6, 6.07) is 0. The van der Waals surface area contributed by atoms with Crippen molar-refractivity contribution in [3.8, 4) is 0 Å². The Kier molecular flexibility index (Phi) is 4.35. The molecule has 1 atom stereocenters. The fourth-order valence-corrected chi connectivity index (χ4v) is 2.39. The number of rotatable bonds is 3. The number of aliphatic hydroxyl groups is 1. The zero-order chi connectivity index (χ0) is 15.8. The van der Waals surface area contributed by atoms with E-state index in [1.807, 2.05) is 0 Å². The number of halogens is 3. The SMILES string of the molecule is CCC(NS(=O)(=O)C(F)(F)F)=C1CC(C)(O)C=CC1=O. The number of carbonyl (C=O) groups is 1. The zero-order valence-electron chi connectivity index (χ0n) is 10.8. The topological polar surface area (TPSA) is 83.5 Å². The Labute approximate surface area is 114 Å². The van der Waals surface area contributed by atoms with E-state index in [-0.39, 0.29) is 24.1 Å². The molecule has 0 aliphatic heterocycles. The molecule has 0 saturated heterocycles. The first kappa shape index (κ1) is 16.7. The molecular formula is C11H14F3NO4S. The van der Waals surface area contributed by atoms with Crippen LogP contribution in [0.2, 0.25) is 0 Å². The summed E-state index contributed by atoms with van der Waals surface area (Å²) < 4.78 is 60.5. The summed E-state index contributed by atoms with van der Waals surface area (Å²) in [6.45, 7) is 2.77. The monoisotopic (exact) mass is 313 g/mol. The van der Waals surface area contributed by atoms with Gasteiger partial charge in [-0.25, -0.2) is 0 Å². The lowest BCUT2D eigenvalue weighted by atomic mass is 9.87. The molecule has 5 nitrogen and oxygen atoms in total. The van der Waals surface area contributed by atoms with Crippen LogP contribution in [0, 0.1) is 0 Å². The summed E-state index contributed by atoms with van der Waals surface area (Å²) in [6.07, 6.45) is 1.84. The Morgan fingerprint density at radius 1 is 1.50 bits per heavy atom. The first-order chi connectivity index (χ1) is 8.89. The van der Waals surface area contributed by atoms with Gasteiger partial charge in [0.2, 0.25) is 0 Å². The minimum absolute atomic E-state index is 0.125. The van der Waals surface area contributed by atoms with Gasteiger partial charge < -0.3 is 5.11 Å². The molecule has 0 spiro atoms. The third-order valence-corrected chi connectivity index (χ3v) is 3.83. The number of alkyl halides is 3. The first-order valence-electron chi connectivity index (χ1n) is 5.66. The molecule has 1 rings (SSSR count). The van der Waals surface area contributed by atoms with E-state index in [1.165, 1.54) is 24.6 Å². The average Bonchev–Trinajstić information content (AvgIpc) is 2.28. The number of ketones is 1. The van der Waals surface area contributed by atoms with Crippen LogP contribution in [0.3, 0.4) is 0 Å². The number of hydrogen-bond acceptors (Lipinski definition) is 4. The second-order valence-corrected chi connectivity index (χ2v) is 6.27. The maximum absolute atomic E-state index is 12.3. The molecule has 0 radical (unpaired) electrons. The van der Waals surface area contributed by atoms with Gasteiger partial charge in [0.05, 0.1) is 5.60 Å². The predicted octanol–water partition coefficient (Wildman–Crippen LogP) is 1.37. The van der Waals surface area contributed by atoms with Crippen LogP contribution >= 0.6 is 0 Å². The second-order valence-electron chi connectivity index (χ2n) is 4.59. The minimum Gasteiger partial charge on any atom is -0.386 e. The van der Waals surface area contributed by atoms with Crippen molar-refractivity contribution < 1.29 is 31.5 Å². The van der Waals surface area contributed by atoms with Gasteiger partial charge in [-0.2, -0.15) is 21.6 Å². The molecular weight excluding hydrogens is 299 g/mol. The van der Waals surface area contributed by atoms with Crippen LogP contribution in [0.1, 0.15) is 26.7 Å². The van der Waals surface area contributed by atoms with Gasteiger partial charge in [0.1, 0.15) is 0 Å². The molecule has 20 heavy (non-hydrogen) atoms. The maximum Gasteiger partial charge on any atom is 0.516 e. The molecule has 114 valence electrons. The van der Waals surface area contributed by atoms with Gasteiger partial charge in [0.15, 0.2) is 5.78 Å². The lowest BCUT2D eigenvalue weighted by Crippen LogP contribution is -2.38. The van der Waals surface area contributed by atoms with Crippen molar-refractivity contribution in [3.05, 3.63) is 23.4 Å². The summed E-state index contributed by atoms with van der Waals surface area (Å²) in [4.78, 5) is 11.6. The molecule has 9 heteroatoms. The smallest absolute Gasteiger partial charge is 0.386 e. The fourth-order valence-electron chi connectivity index (χ4n) is 1.68. The molecule has 0 aromatic rings. The van der Waals surface area contributed by atoms with Crippen LogP contribution in [0.5, 0.6) is 0 Å². The molecule has 0 amide bonds. The summed E-state index contributed by atoms with van der Waals surface area (Å²) in [5, 5.41) is 9.79. The third kappa shape index (κ3) is 3.60. The van der Waals surface area contributed by atoms with Crippen LogP contribution in [0.4, 0.5) is 13.2 Å². The Bertz CT molecular complexity index is 573. The Balaban J connectivity index is 3.23. The van der Waals surface area contributed by atoms with Gasteiger partial charge in [0.25, 0.3) is 0 Å². The van der Waals surface area contributed by atoms with Gasteiger partial charge in [0, 0.05) is 17.7 Å². The largest absolute Gasteiger partial charge is 0.516 e. The highest BCUT2D eigenvalue weighted by atomic mass is 32.2. The van der Waals surface area contributed by atoms with E-state index in [9.17, 15) is 31.5 Å². The third-order valence-electron chi connectivity index (χ3n) is 2.71. The molecule has 1 unspecified atom stereocenters. The number of carbonyl (C=O) groups excluding carboxylic acids is 1. The lowest BCUT2D eigenvalue weighted by Gasteiger charge is -2.26. The molecule has 0 saturated carbocycles. The minimum atomic E-state index is -5.58. The highest BCUT2D eigenvalue weighted by molar-refractivity contribution is 7.90. The number of nitrogens with one attached hydrogen (secondary N) is 1. The Morgan fingerprint density at radius 3 is 2.50 bits per heavy atom. The highest BCUT2D eigenvalue weighted by Crippen LogP contribution is 2.29. The van der Waals surface area contributed by atoms with Crippen LogP contribution in [-0.2, 0) is 14.8 Å². The first-order valence-corrected chi connectivity index (χ1v) is 7.15. The van der Waals surface area contributed by atoms with Gasteiger partial charge in [-0.15, -0.1) is 0 Å². The fraction of sp³-hybridized carbons (Fsp3) is 0.545. The molecule has 1 aliphatic rings. The number of allylic oxidation sites excluding steroid dienone is 2. The summed E-state index contributed by atoms with van der Waals surface area (Å²) in [5.41, 5.74) is -7.41. The number of sulfonamides is 1. The van der Waals surface area contributed by atoms with Crippen LogP contribution in [0.25, 0.3) is 0 Å². The second kappa shape index (κ2) is 5.21. The van der Waals surface area contributed by atoms with E-state index in [0.29, 0.717) is 0 Å². The van der Waals surface area contributed by atoms with Crippen molar-refractivity contribution in [2.75, 3.05) is 0 Å². The van der Waals surface area contributed by atoms with Crippen molar-refractivity contribution in [2.45, 2.75) is 37.8 Å². The molecule has 0 fully saturated rings. The summed E-state index contributed by atoms with van der Waals surface area (Å²) >= 11 is 0. The van der Waals surface area contributed by atoms with Crippen molar-refractivity contribution in [2.24, 2.45) is 0 Å². The molecule has 0 aromatic carbocycles. The van der Waals surface area contributed by atoms with Crippen molar-refractivity contribution >= 4 is 15.8 Å². The summed E-state index contributed by atoms with van der Waals surface area (Å²) in [5.74, 6) is -0.627. The highest BCUT2D eigenvalue weighted by Gasteiger charge is 2.46. The lowest BCUT2D eigenvalue weighted by molar-refractivity contribution is -0.112. The van der Waals surface area contributed by atoms with Crippen molar-refractivity contribution in [3.63, 3.8) is 0 Å². The molecule has 0 bridgehead atoms. The normalized spacial score (nSPS) is 26.6. The summed E-state index contributed by atoms with van der Waals surface area (Å²) in [7, 11) is -5.58. The molecule has 2 N–H and O–H groups in total. The van der Waals surface area contributed by atoms with Gasteiger partial charge in [-0.05, 0) is 25.5 Å². The quantitative estimate of drug-likeness (QED) is 0.771. The zero-order valence-corrected chi connectivity index (χ0v) is 11.6. The van der Waals surface area contributed by atoms with E-state index in [0.717, 1.165) is 6.08 Å². The predicted molar refractivity (Wildman–Crippen MR) is 64.8 cm³/mol. The number of hydrogen-bond donors (Lipinski definition) is 2. The Morgan fingerprint density at radius 2 is 2.05 bits per heavy atom. The van der Waals surface area contributed by atoms with Gasteiger partial charge in [-0.3, -0.25) is 9.52 Å². The van der Waals surface area contributed by atoms with Gasteiger partial charge in [-0.1, -0.05) is 6.92 Å². The standard InChI is InChI=1S/C11H14F3NO4S/c1-3-8(15-20(18,19)11(12,13)14)7-6-10(2,17)5-4-9(7)16/h4-5,15,17H,3,6H2,1-2H3. The maximum atomic E-state index is 12.3. The molecule has 0 heterocycles. The Hall–Kier alpha value is -1.35. The van der Waals surface area contributed by atoms with E-state index in [1.54, 1.807) is 0 Å². The van der Waals surface area contributed by atoms with E-state index in [4.69, 9.17) is 0 Å². The van der Waals surface area contributed by atoms with E-state index >= 15 is 0 Å². The van der Waals surface area contributed by atoms with E-state index in [2.05, 4.69) is 0 Å². The van der Waals surface area contributed by atoms with Crippen LogP contribution in [-0.4, -0.2) is 30.4 Å². The average molecular weight is 313 g/mol. The van der Waals surface area contributed by atoms with Gasteiger partial charge >= 0.3 is 15.5 Å². The van der Waals surface area contributed by atoms with Crippen LogP contribution < -0.4 is 4.72 Å². The molecule has 0 aromatic heterocycles.